The molecule has 0 N–H and O–H groups in total. The normalized spacial score (nSPS) is 12.4. The van der Waals surface area contributed by atoms with Crippen molar-refractivity contribution in [3.63, 3.8) is 0 Å². The molecule has 1 aliphatic carbocycles. The highest BCUT2D eigenvalue weighted by Gasteiger charge is 2.19. The van der Waals surface area contributed by atoms with Crippen molar-refractivity contribution in [2.75, 3.05) is 0 Å². The highest BCUT2D eigenvalue weighted by molar-refractivity contribution is 7.26. The number of hydrogen-bond acceptors (Lipinski definition) is 4. The molecule has 8 aromatic carbocycles. The summed E-state index contributed by atoms with van der Waals surface area (Å²) in [5.41, 5.74) is 13.0. The summed E-state index contributed by atoms with van der Waals surface area (Å²) in [4.78, 5) is 15.4. The van der Waals surface area contributed by atoms with Gasteiger partial charge in [0, 0.05) is 36.9 Å². The first-order valence-electron chi connectivity index (χ1n) is 19.5. The Bertz CT molecular complexity index is 3150. The van der Waals surface area contributed by atoms with E-state index in [1.54, 1.807) is 0 Å². The van der Waals surface area contributed by atoms with Gasteiger partial charge in [-0.1, -0.05) is 176 Å². The van der Waals surface area contributed by atoms with E-state index in [9.17, 15) is 0 Å². The van der Waals surface area contributed by atoms with Gasteiger partial charge in [0.1, 0.15) is 0 Å². The third kappa shape index (κ3) is 6.03. The lowest BCUT2D eigenvalue weighted by Crippen LogP contribution is -2.00. The van der Waals surface area contributed by atoms with E-state index in [-0.39, 0.29) is 0 Å². The van der Waals surface area contributed by atoms with E-state index in [1.165, 1.54) is 69.9 Å². The molecule has 2 aromatic heterocycles. The summed E-state index contributed by atoms with van der Waals surface area (Å²) < 4.78 is 2.41. The van der Waals surface area contributed by atoms with Gasteiger partial charge in [-0.3, -0.25) is 0 Å². The maximum Gasteiger partial charge on any atom is 0.165 e. The lowest BCUT2D eigenvalue weighted by Gasteiger charge is -2.13. The van der Waals surface area contributed by atoms with Crippen LogP contribution in [0.4, 0.5) is 0 Å². The minimum absolute atomic E-state index is 0.653. The number of nitrogens with zero attached hydrogens (tertiary/aromatic N) is 3. The molecule has 0 saturated heterocycles. The molecule has 0 fully saturated rings. The van der Waals surface area contributed by atoms with Crippen molar-refractivity contribution in [3.05, 3.63) is 193 Å². The molecule has 0 spiro atoms. The first kappa shape index (κ1) is 33.3. The van der Waals surface area contributed by atoms with Crippen LogP contribution in [0.25, 0.3) is 105 Å². The van der Waals surface area contributed by atoms with Gasteiger partial charge in [-0.15, -0.1) is 11.3 Å². The first-order chi connectivity index (χ1) is 28.2. The molecule has 57 heavy (non-hydrogen) atoms. The van der Waals surface area contributed by atoms with Crippen molar-refractivity contribution in [2.45, 2.75) is 12.8 Å². The Morgan fingerprint density at radius 2 is 0.965 bits per heavy atom. The Morgan fingerprint density at radius 3 is 1.72 bits per heavy atom. The fourth-order valence-electron chi connectivity index (χ4n) is 8.32. The second-order valence-corrected chi connectivity index (χ2v) is 15.7. The number of aromatic nitrogens is 3. The molecule has 11 rings (SSSR count). The minimum Gasteiger partial charge on any atom is -0.208 e. The number of hydrogen-bond donors (Lipinski definition) is 0. The van der Waals surface area contributed by atoms with Crippen LogP contribution in [0.5, 0.6) is 0 Å². The second kappa shape index (κ2) is 13.9. The molecule has 0 aliphatic heterocycles. The van der Waals surface area contributed by atoms with Gasteiger partial charge in [-0.25, -0.2) is 15.0 Å². The maximum atomic E-state index is 5.19. The summed E-state index contributed by atoms with van der Waals surface area (Å²) >= 11 is 1.82. The summed E-state index contributed by atoms with van der Waals surface area (Å²) in [6.07, 6.45) is 6.73. The number of rotatable bonds is 6. The van der Waals surface area contributed by atoms with Crippen LogP contribution in [-0.4, -0.2) is 15.0 Å². The summed E-state index contributed by atoms with van der Waals surface area (Å²) in [5.74, 6) is 1.98. The molecule has 0 saturated carbocycles. The van der Waals surface area contributed by atoms with E-state index in [0.29, 0.717) is 17.5 Å². The molecule has 0 unspecified atom stereocenters. The second-order valence-electron chi connectivity index (χ2n) is 14.7. The van der Waals surface area contributed by atoms with Gasteiger partial charge in [0.05, 0.1) is 0 Å². The summed E-state index contributed by atoms with van der Waals surface area (Å²) in [5, 5.41) is 4.98. The highest BCUT2D eigenvalue weighted by Crippen LogP contribution is 2.45. The Morgan fingerprint density at radius 1 is 0.404 bits per heavy atom. The molecule has 2 heterocycles. The average Bonchev–Trinajstić information content (AvgIpc) is 3.68. The fourth-order valence-corrected chi connectivity index (χ4v) is 9.58. The van der Waals surface area contributed by atoms with Crippen LogP contribution in [0.15, 0.2) is 182 Å². The molecule has 0 bridgehead atoms. The zero-order valence-electron chi connectivity index (χ0n) is 31.1. The van der Waals surface area contributed by atoms with Crippen LogP contribution in [0.1, 0.15) is 17.5 Å². The van der Waals surface area contributed by atoms with Crippen molar-refractivity contribution in [2.24, 2.45) is 0 Å². The summed E-state index contributed by atoms with van der Waals surface area (Å²) in [6, 6.07) is 62.9. The van der Waals surface area contributed by atoms with E-state index in [2.05, 4.69) is 164 Å². The van der Waals surface area contributed by atoms with Crippen molar-refractivity contribution in [3.8, 4) is 67.5 Å². The third-order valence-corrected chi connectivity index (χ3v) is 12.4. The van der Waals surface area contributed by atoms with Gasteiger partial charge in [-0.2, -0.15) is 0 Å². The Hall–Kier alpha value is -7.01. The van der Waals surface area contributed by atoms with Crippen LogP contribution in [0.3, 0.4) is 0 Å². The van der Waals surface area contributed by atoms with Crippen LogP contribution in [0.2, 0.25) is 0 Å². The minimum atomic E-state index is 0.653. The van der Waals surface area contributed by atoms with Crippen LogP contribution in [-0.2, 0) is 6.42 Å². The van der Waals surface area contributed by atoms with Crippen LogP contribution in [0, 0.1) is 0 Å². The number of aryl methyl sites for hydroxylation is 1. The molecular weight excluding hydrogens is 711 g/mol. The van der Waals surface area contributed by atoms with E-state index in [4.69, 9.17) is 15.0 Å². The van der Waals surface area contributed by atoms with Crippen molar-refractivity contribution in [1.82, 2.24) is 15.0 Å². The highest BCUT2D eigenvalue weighted by atomic mass is 32.1. The lowest BCUT2D eigenvalue weighted by molar-refractivity contribution is 0.986. The molecule has 0 atom stereocenters. The molecule has 0 amide bonds. The molecule has 0 radical (unpaired) electrons. The smallest absolute Gasteiger partial charge is 0.165 e. The van der Waals surface area contributed by atoms with E-state index < -0.39 is 0 Å². The van der Waals surface area contributed by atoms with Crippen LogP contribution >= 0.6 is 11.3 Å². The van der Waals surface area contributed by atoms with Crippen molar-refractivity contribution in [1.29, 1.82) is 0 Å². The topological polar surface area (TPSA) is 38.7 Å². The van der Waals surface area contributed by atoms with E-state index in [1.807, 2.05) is 35.6 Å². The lowest BCUT2D eigenvalue weighted by atomic mass is 9.91. The van der Waals surface area contributed by atoms with Gasteiger partial charge < -0.3 is 0 Å². The predicted octanol–water partition coefficient (Wildman–Crippen LogP) is 14.4. The number of allylic oxidation sites excluding steroid dienone is 1. The van der Waals surface area contributed by atoms with E-state index >= 15 is 0 Å². The quantitative estimate of drug-likeness (QED) is 0.170. The van der Waals surface area contributed by atoms with Crippen molar-refractivity contribution < 1.29 is 0 Å². The molecule has 3 nitrogen and oxygen atoms in total. The largest absolute Gasteiger partial charge is 0.208 e. The SMILES string of the molecule is C1=Cc2ccc(-c3ccc(-c4cc5sc6c(-c7nc(-c8ccccc8)nc(-c8ccc(-c9ccccc9)cc8)n7)cccc6c5c5ccccc45)cc3)cc2CC1. The van der Waals surface area contributed by atoms with Gasteiger partial charge in [-0.05, 0) is 80.3 Å². The molecule has 1 aliphatic rings. The van der Waals surface area contributed by atoms with Gasteiger partial charge in [0.15, 0.2) is 17.5 Å². The Kier molecular flexibility index (Phi) is 8.15. The molecular formula is C53H35N3S. The average molecular weight is 746 g/mol. The first-order valence-corrected chi connectivity index (χ1v) is 20.3. The standard InChI is InChI=1S/C53H35N3S/c1-3-12-34(13-4-1)36-24-29-40(30-25-36)52-54-51(39-15-5-2-6-16-39)55-53(56-52)46-21-11-20-45-49-44-19-10-9-18-43(44)47(33-48(49)57-50(45)46)38-27-22-37(23-28-38)42-31-26-35-14-7-8-17-41(35)32-42/h1-7,9-16,18-33H,8,17H2. The third-order valence-electron chi connectivity index (χ3n) is 11.2. The monoisotopic (exact) mass is 745 g/mol. The Labute approximate surface area is 335 Å². The zero-order chi connectivity index (χ0) is 37.7. The number of fused-ring (bicyclic) bond motifs is 6. The summed E-state index contributed by atoms with van der Waals surface area (Å²) in [7, 11) is 0. The molecule has 268 valence electrons. The summed E-state index contributed by atoms with van der Waals surface area (Å²) in [6.45, 7) is 0. The predicted molar refractivity (Wildman–Crippen MR) is 240 cm³/mol. The van der Waals surface area contributed by atoms with Crippen molar-refractivity contribution >= 4 is 48.4 Å². The molecule has 10 aromatic rings. The van der Waals surface area contributed by atoms with Gasteiger partial charge >= 0.3 is 0 Å². The fraction of sp³-hybridized carbons (Fsp3) is 0.0377. The van der Waals surface area contributed by atoms with E-state index in [0.717, 1.165) is 35.1 Å². The number of benzene rings is 8. The Balaban J connectivity index is 1.04. The molecule has 4 heteroatoms. The van der Waals surface area contributed by atoms with Gasteiger partial charge in [0.25, 0.3) is 0 Å². The number of thiophene rings is 1. The zero-order valence-corrected chi connectivity index (χ0v) is 31.9. The van der Waals surface area contributed by atoms with Crippen LogP contribution < -0.4 is 0 Å². The maximum absolute atomic E-state index is 5.19. The van der Waals surface area contributed by atoms with Gasteiger partial charge in [0.2, 0.25) is 0 Å².